The van der Waals surface area contributed by atoms with Gasteiger partial charge < -0.3 is 0 Å². The van der Waals surface area contributed by atoms with Crippen molar-refractivity contribution in [2.24, 2.45) is 10.1 Å². The first-order valence-corrected chi connectivity index (χ1v) is 9.39. The maximum Gasteiger partial charge on any atom is 0.214 e. The third-order valence-electron chi connectivity index (χ3n) is 3.63. The van der Waals surface area contributed by atoms with Crippen molar-refractivity contribution in [2.45, 2.75) is 13.8 Å². The third-order valence-corrected chi connectivity index (χ3v) is 5.59. The second-order valence-corrected chi connectivity index (χ2v) is 7.39. The Kier molecular flexibility index (Phi) is 4.77. The maximum absolute atomic E-state index is 6.02. The quantitative estimate of drug-likeness (QED) is 0.751. The van der Waals surface area contributed by atoms with Crippen LogP contribution in [0, 0.1) is 13.8 Å². The number of halogens is 1. The van der Waals surface area contributed by atoms with E-state index in [1.807, 2.05) is 30.5 Å². The molecule has 3 rings (SSSR count). The third kappa shape index (κ3) is 3.04. The van der Waals surface area contributed by atoms with Crippen LogP contribution in [-0.2, 0) is 4.84 Å². The number of hydrazone groups is 1. The first kappa shape index (κ1) is 16.5. The van der Waals surface area contributed by atoms with Crippen LogP contribution >= 0.6 is 34.7 Å². The smallest absolute Gasteiger partial charge is 0.214 e. The molecule has 0 fully saturated rings. The predicted molar refractivity (Wildman–Crippen MR) is 100 cm³/mol. The summed E-state index contributed by atoms with van der Waals surface area (Å²) in [7, 11) is 1.59. The van der Waals surface area contributed by atoms with Crippen molar-refractivity contribution in [1.29, 1.82) is 0 Å². The van der Waals surface area contributed by atoms with E-state index in [-0.39, 0.29) is 0 Å². The van der Waals surface area contributed by atoms with Gasteiger partial charge in [0.15, 0.2) is 0 Å². The van der Waals surface area contributed by atoms with Crippen LogP contribution in [0.15, 0.2) is 34.4 Å². The van der Waals surface area contributed by atoms with E-state index in [4.69, 9.17) is 26.5 Å². The van der Waals surface area contributed by atoms with Gasteiger partial charge in [0.05, 0.1) is 7.11 Å². The lowest BCUT2D eigenvalue weighted by atomic mass is 10.0. The molecule has 0 spiro atoms. The van der Waals surface area contributed by atoms with Crippen LogP contribution in [0.2, 0.25) is 5.02 Å². The van der Waals surface area contributed by atoms with Crippen LogP contribution in [0.5, 0.6) is 0 Å². The highest BCUT2D eigenvalue weighted by Crippen LogP contribution is 2.39. The van der Waals surface area contributed by atoms with Gasteiger partial charge in [0.1, 0.15) is 10.7 Å². The first-order valence-electron chi connectivity index (χ1n) is 6.97. The SMILES string of the molecule is CON1N=C(c2ccc(Cl)cc2)c2c(sc(C)c2C)N=C1SC. The first-order chi connectivity index (χ1) is 11.0. The molecule has 23 heavy (non-hydrogen) atoms. The Balaban J connectivity index is 2.25. The standard InChI is InChI=1S/C16H16ClN3OS2/c1-9-10(2)23-15-13(9)14(11-5-7-12(17)8-6-11)19-20(21-3)16(18-15)22-4/h5-8H,1-4H3. The lowest BCUT2D eigenvalue weighted by Gasteiger charge is -2.16. The highest BCUT2D eigenvalue weighted by Gasteiger charge is 2.25. The van der Waals surface area contributed by atoms with Crippen LogP contribution < -0.4 is 0 Å². The Labute approximate surface area is 148 Å². The normalized spacial score (nSPS) is 14.2. The van der Waals surface area contributed by atoms with Gasteiger partial charge in [0, 0.05) is 21.0 Å². The minimum Gasteiger partial charge on any atom is -0.253 e. The van der Waals surface area contributed by atoms with Crippen molar-refractivity contribution < 1.29 is 4.84 Å². The summed E-state index contributed by atoms with van der Waals surface area (Å²) >= 11 is 9.19. The van der Waals surface area contributed by atoms with Gasteiger partial charge in [0.25, 0.3) is 0 Å². The highest BCUT2D eigenvalue weighted by molar-refractivity contribution is 8.13. The van der Waals surface area contributed by atoms with E-state index >= 15 is 0 Å². The zero-order valence-electron chi connectivity index (χ0n) is 13.3. The van der Waals surface area contributed by atoms with E-state index in [9.17, 15) is 0 Å². The molecule has 2 aromatic rings. The second-order valence-electron chi connectivity index (χ2n) is 4.97. The molecule has 0 radical (unpaired) electrons. The number of benzene rings is 1. The number of fused-ring (bicyclic) bond motifs is 1. The number of thiophene rings is 1. The number of hydroxylamine groups is 1. The topological polar surface area (TPSA) is 37.2 Å². The summed E-state index contributed by atoms with van der Waals surface area (Å²) in [5.41, 5.74) is 4.08. The number of amidine groups is 1. The minimum atomic E-state index is 0.700. The molecule has 0 aliphatic carbocycles. The van der Waals surface area contributed by atoms with E-state index in [1.165, 1.54) is 27.4 Å². The van der Waals surface area contributed by atoms with Crippen molar-refractivity contribution in [2.75, 3.05) is 13.4 Å². The van der Waals surface area contributed by atoms with Gasteiger partial charge in [-0.25, -0.2) is 4.99 Å². The monoisotopic (exact) mass is 365 g/mol. The fourth-order valence-corrected chi connectivity index (χ4v) is 4.00. The Morgan fingerprint density at radius 1 is 1.22 bits per heavy atom. The molecular weight excluding hydrogens is 350 g/mol. The molecule has 1 aromatic carbocycles. The molecule has 0 unspecified atom stereocenters. The second kappa shape index (κ2) is 6.65. The maximum atomic E-state index is 6.02. The number of thioether (sulfide) groups is 1. The lowest BCUT2D eigenvalue weighted by Crippen LogP contribution is -2.23. The zero-order valence-corrected chi connectivity index (χ0v) is 15.6. The number of aryl methyl sites for hydroxylation is 1. The molecule has 0 saturated heterocycles. The Hall–Kier alpha value is -1.34. The fraction of sp³-hybridized carbons (Fsp3) is 0.250. The van der Waals surface area contributed by atoms with E-state index in [1.54, 1.807) is 18.4 Å². The molecule has 0 bridgehead atoms. The van der Waals surface area contributed by atoms with Crippen LogP contribution in [-0.4, -0.2) is 29.4 Å². The number of nitrogens with zero attached hydrogens (tertiary/aromatic N) is 3. The van der Waals surface area contributed by atoms with Gasteiger partial charge in [-0.3, -0.25) is 4.84 Å². The molecule has 7 heteroatoms. The summed E-state index contributed by atoms with van der Waals surface area (Å²) in [5.74, 6) is 0. The summed E-state index contributed by atoms with van der Waals surface area (Å²) in [4.78, 5) is 11.4. The van der Waals surface area contributed by atoms with Crippen molar-refractivity contribution in [3.63, 3.8) is 0 Å². The van der Waals surface area contributed by atoms with Gasteiger partial charge in [0.2, 0.25) is 5.17 Å². The van der Waals surface area contributed by atoms with Crippen LogP contribution in [0.3, 0.4) is 0 Å². The molecule has 120 valence electrons. The van der Waals surface area contributed by atoms with Gasteiger partial charge in [-0.1, -0.05) is 35.5 Å². The van der Waals surface area contributed by atoms with Crippen molar-refractivity contribution in [1.82, 2.24) is 5.17 Å². The molecule has 0 atom stereocenters. The van der Waals surface area contributed by atoms with Crippen LogP contribution in [0.1, 0.15) is 21.6 Å². The molecule has 1 aromatic heterocycles. The van der Waals surface area contributed by atoms with E-state index < -0.39 is 0 Å². The molecule has 0 amide bonds. The molecule has 0 saturated carbocycles. The predicted octanol–water partition coefficient (Wildman–Crippen LogP) is 5.00. The molecule has 2 heterocycles. The molecule has 4 nitrogen and oxygen atoms in total. The minimum absolute atomic E-state index is 0.700. The van der Waals surface area contributed by atoms with E-state index in [0.29, 0.717) is 10.2 Å². The van der Waals surface area contributed by atoms with Crippen molar-refractivity contribution >= 4 is 50.6 Å². The van der Waals surface area contributed by atoms with Crippen molar-refractivity contribution in [3.05, 3.63) is 50.9 Å². The number of aliphatic imine (C=N–C) groups is 1. The Bertz CT molecular complexity index is 796. The zero-order chi connectivity index (χ0) is 16.6. The molecule has 1 aliphatic rings. The Morgan fingerprint density at radius 2 is 1.91 bits per heavy atom. The largest absolute Gasteiger partial charge is 0.253 e. The highest BCUT2D eigenvalue weighted by atomic mass is 35.5. The Morgan fingerprint density at radius 3 is 2.52 bits per heavy atom. The van der Waals surface area contributed by atoms with E-state index in [2.05, 4.69) is 13.8 Å². The summed E-state index contributed by atoms with van der Waals surface area (Å²) in [6.45, 7) is 4.21. The van der Waals surface area contributed by atoms with Gasteiger partial charge >= 0.3 is 0 Å². The van der Waals surface area contributed by atoms with Crippen LogP contribution in [0.25, 0.3) is 0 Å². The number of hydrogen-bond donors (Lipinski definition) is 0. The molecule has 0 N–H and O–H groups in total. The van der Waals surface area contributed by atoms with Gasteiger partial charge in [-0.15, -0.1) is 21.6 Å². The summed E-state index contributed by atoms with van der Waals surface area (Å²) < 4.78 is 0. The fourth-order valence-electron chi connectivity index (χ4n) is 2.33. The average molecular weight is 366 g/mol. The molecular formula is C16H16ClN3OS2. The lowest BCUT2D eigenvalue weighted by molar-refractivity contribution is -0.0595. The van der Waals surface area contributed by atoms with Crippen LogP contribution in [0.4, 0.5) is 5.00 Å². The summed E-state index contributed by atoms with van der Waals surface area (Å²) in [6, 6.07) is 7.67. The molecule has 1 aliphatic heterocycles. The summed E-state index contributed by atoms with van der Waals surface area (Å²) in [5, 5.41) is 8.53. The van der Waals surface area contributed by atoms with E-state index in [0.717, 1.165) is 21.8 Å². The summed E-state index contributed by atoms with van der Waals surface area (Å²) in [6.07, 6.45) is 1.96. The number of hydrogen-bond acceptors (Lipinski definition) is 6. The van der Waals surface area contributed by atoms with Gasteiger partial charge in [-0.05, 0) is 37.8 Å². The average Bonchev–Trinajstić information content (AvgIpc) is 2.74. The van der Waals surface area contributed by atoms with Crippen molar-refractivity contribution in [3.8, 4) is 0 Å². The van der Waals surface area contributed by atoms with Gasteiger partial charge in [-0.2, -0.15) is 0 Å². The number of rotatable bonds is 2.